The maximum Gasteiger partial charge on any atom is 0.425 e. The van der Waals surface area contributed by atoms with Gasteiger partial charge < -0.3 is 14.2 Å². The van der Waals surface area contributed by atoms with Crippen LogP contribution in [0.3, 0.4) is 0 Å². The van der Waals surface area contributed by atoms with Crippen LogP contribution in [0.2, 0.25) is 5.28 Å². The number of ether oxygens (including phenoxy) is 3. The van der Waals surface area contributed by atoms with Crippen molar-refractivity contribution < 1.29 is 19.0 Å². The number of carbonyl (C=O) groups excluding carboxylic acids is 1. The Morgan fingerprint density at radius 1 is 1.03 bits per heavy atom. The lowest BCUT2D eigenvalue weighted by atomic mass is 10.1. The molecule has 0 saturated carbocycles. The molecule has 29 heavy (non-hydrogen) atoms. The molecule has 0 unspecified atom stereocenters. The minimum absolute atomic E-state index is 0.000138. The number of halogens is 1. The normalized spacial score (nSPS) is 10.4. The van der Waals surface area contributed by atoms with E-state index >= 15 is 0 Å². The predicted octanol–water partition coefficient (Wildman–Crippen LogP) is 5.10. The van der Waals surface area contributed by atoms with Crippen LogP contribution in [0.15, 0.2) is 48.7 Å². The van der Waals surface area contributed by atoms with Gasteiger partial charge in [0.25, 0.3) is 0 Å². The average molecular weight is 414 g/mol. The highest BCUT2D eigenvalue weighted by atomic mass is 35.5. The number of para-hydroxylation sites is 1. The van der Waals surface area contributed by atoms with E-state index in [0.29, 0.717) is 22.9 Å². The SMILES string of the molecule is COc1ccc(N(C(=O)Oc2c(C)cccc2C)c2ccnc(Cl)n2)c(OC)c1. The molecule has 1 amide bonds. The maximum absolute atomic E-state index is 13.3. The summed E-state index contributed by atoms with van der Waals surface area (Å²) in [5, 5.41) is -0.000138. The minimum atomic E-state index is -0.666. The van der Waals surface area contributed by atoms with Gasteiger partial charge in [0.15, 0.2) is 0 Å². The molecule has 0 atom stereocenters. The zero-order chi connectivity index (χ0) is 21.0. The molecule has 1 aromatic heterocycles. The van der Waals surface area contributed by atoms with Gasteiger partial charge in [0.05, 0.1) is 19.9 Å². The molecule has 0 bridgehead atoms. The number of hydrogen-bond acceptors (Lipinski definition) is 6. The number of aryl methyl sites for hydroxylation is 2. The summed E-state index contributed by atoms with van der Waals surface area (Å²) in [4.78, 5) is 22.6. The van der Waals surface area contributed by atoms with E-state index in [1.54, 1.807) is 31.4 Å². The van der Waals surface area contributed by atoms with Gasteiger partial charge in [-0.25, -0.2) is 14.7 Å². The zero-order valence-electron chi connectivity index (χ0n) is 16.5. The van der Waals surface area contributed by atoms with Crippen molar-refractivity contribution in [1.82, 2.24) is 9.97 Å². The summed E-state index contributed by atoms with van der Waals surface area (Å²) in [5.41, 5.74) is 2.08. The Hall–Kier alpha value is -3.32. The lowest BCUT2D eigenvalue weighted by molar-refractivity contribution is 0.209. The topological polar surface area (TPSA) is 73.8 Å². The first-order chi connectivity index (χ1) is 13.9. The molecule has 0 N–H and O–H groups in total. The van der Waals surface area contributed by atoms with Crippen molar-refractivity contribution in [1.29, 1.82) is 0 Å². The second-order valence-electron chi connectivity index (χ2n) is 6.15. The number of hydrogen-bond donors (Lipinski definition) is 0. The highest BCUT2D eigenvalue weighted by Gasteiger charge is 2.26. The number of carbonyl (C=O) groups is 1. The Kier molecular flexibility index (Phi) is 6.19. The van der Waals surface area contributed by atoms with Crippen LogP contribution < -0.4 is 19.1 Å². The van der Waals surface area contributed by atoms with Gasteiger partial charge in [-0.3, -0.25) is 0 Å². The molecule has 2 aromatic carbocycles. The van der Waals surface area contributed by atoms with Crippen molar-refractivity contribution in [3.8, 4) is 17.2 Å². The van der Waals surface area contributed by atoms with Crippen molar-refractivity contribution in [2.24, 2.45) is 0 Å². The molecule has 7 nitrogen and oxygen atoms in total. The number of amides is 1. The molecule has 3 rings (SSSR count). The van der Waals surface area contributed by atoms with Crippen LogP contribution in [-0.4, -0.2) is 30.3 Å². The van der Waals surface area contributed by atoms with Gasteiger partial charge >= 0.3 is 6.09 Å². The Labute approximate surface area is 173 Å². The fourth-order valence-corrected chi connectivity index (χ4v) is 2.97. The molecule has 0 aliphatic heterocycles. The molecular weight excluding hydrogens is 394 g/mol. The van der Waals surface area contributed by atoms with E-state index in [4.69, 9.17) is 25.8 Å². The van der Waals surface area contributed by atoms with Crippen LogP contribution >= 0.6 is 11.6 Å². The van der Waals surface area contributed by atoms with Crippen LogP contribution in [0, 0.1) is 13.8 Å². The van der Waals surface area contributed by atoms with Crippen LogP contribution in [0.25, 0.3) is 0 Å². The monoisotopic (exact) mass is 413 g/mol. The fourth-order valence-electron chi connectivity index (χ4n) is 2.83. The van der Waals surface area contributed by atoms with E-state index in [9.17, 15) is 4.79 Å². The smallest absolute Gasteiger partial charge is 0.425 e. The Morgan fingerprint density at radius 3 is 2.38 bits per heavy atom. The fraction of sp³-hybridized carbons (Fsp3) is 0.190. The largest absolute Gasteiger partial charge is 0.497 e. The predicted molar refractivity (Wildman–Crippen MR) is 111 cm³/mol. The van der Waals surface area contributed by atoms with Gasteiger partial charge in [-0.05, 0) is 48.7 Å². The van der Waals surface area contributed by atoms with Crippen LogP contribution in [0.4, 0.5) is 16.3 Å². The van der Waals surface area contributed by atoms with Crippen molar-refractivity contribution in [3.63, 3.8) is 0 Å². The van der Waals surface area contributed by atoms with E-state index in [1.807, 2.05) is 32.0 Å². The maximum atomic E-state index is 13.3. The van der Waals surface area contributed by atoms with E-state index in [1.165, 1.54) is 18.2 Å². The number of rotatable bonds is 5. The molecular formula is C21H20ClN3O4. The van der Waals surface area contributed by atoms with Crippen molar-refractivity contribution in [2.75, 3.05) is 19.1 Å². The molecule has 0 radical (unpaired) electrons. The molecule has 0 fully saturated rings. The third kappa shape index (κ3) is 4.41. The second kappa shape index (κ2) is 8.79. The summed E-state index contributed by atoms with van der Waals surface area (Å²) in [6.45, 7) is 3.74. The highest BCUT2D eigenvalue weighted by Crippen LogP contribution is 2.37. The molecule has 150 valence electrons. The Bertz CT molecular complexity index is 1020. The summed E-state index contributed by atoms with van der Waals surface area (Å²) in [6, 6.07) is 12.2. The van der Waals surface area contributed by atoms with Crippen molar-refractivity contribution >= 4 is 29.2 Å². The lowest BCUT2D eigenvalue weighted by Crippen LogP contribution is -2.30. The van der Waals surface area contributed by atoms with Crippen molar-refractivity contribution in [3.05, 3.63) is 65.1 Å². The van der Waals surface area contributed by atoms with Crippen LogP contribution in [-0.2, 0) is 0 Å². The van der Waals surface area contributed by atoms with E-state index in [2.05, 4.69) is 9.97 Å². The summed E-state index contributed by atoms with van der Waals surface area (Å²) in [5.74, 6) is 1.70. The molecule has 0 spiro atoms. The summed E-state index contributed by atoms with van der Waals surface area (Å²) in [7, 11) is 3.05. The first-order valence-corrected chi connectivity index (χ1v) is 9.11. The third-order valence-corrected chi connectivity index (χ3v) is 4.43. The first-order valence-electron chi connectivity index (χ1n) is 8.73. The summed E-state index contributed by atoms with van der Waals surface area (Å²) < 4.78 is 16.4. The standard InChI is InChI=1S/C21H20ClN3O4/c1-13-6-5-7-14(2)19(13)29-21(26)25(18-10-11-23-20(22)24-18)16-9-8-15(27-3)12-17(16)28-4/h5-12H,1-4H3. The number of aromatic nitrogens is 2. The molecule has 3 aromatic rings. The summed E-state index contributed by atoms with van der Waals surface area (Å²) in [6.07, 6.45) is 0.792. The molecule has 8 heteroatoms. The third-order valence-electron chi connectivity index (χ3n) is 4.25. The zero-order valence-corrected chi connectivity index (χ0v) is 17.2. The molecule has 0 aliphatic rings. The Balaban J connectivity index is 2.10. The van der Waals surface area contributed by atoms with Crippen molar-refractivity contribution in [2.45, 2.75) is 13.8 Å². The molecule has 1 heterocycles. The quantitative estimate of drug-likeness (QED) is 0.541. The van der Waals surface area contributed by atoms with Gasteiger partial charge in [0, 0.05) is 18.3 Å². The second-order valence-corrected chi connectivity index (χ2v) is 6.48. The van der Waals surface area contributed by atoms with Crippen LogP contribution in [0.5, 0.6) is 17.2 Å². The van der Waals surface area contributed by atoms with Crippen LogP contribution in [0.1, 0.15) is 11.1 Å². The van der Waals surface area contributed by atoms with Gasteiger partial charge in [-0.15, -0.1) is 0 Å². The highest BCUT2D eigenvalue weighted by molar-refractivity contribution is 6.28. The number of nitrogens with zero attached hydrogens (tertiary/aromatic N) is 3. The minimum Gasteiger partial charge on any atom is -0.497 e. The van der Waals surface area contributed by atoms with E-state index in [0.717, 1.165) is 11.1 Å². The van der Waals surface area contributed by atoms with Gasteiger partial charge in [-0.2, -0.15) is 4.98 Å². The molecule has 0 aliphatic carbocycles. The Morgan fingerprint density at radius 2 is 1.76 bits per heavy atom. The summed E-state index contributed by atoms with van der Waals surface area (Å²) >= 11 is 5.96. The number of benzene rings is 2. The van der Waals surface area contributed by atoms with Gasteiger partial charge in [0.1, 0.15) is 23.1 Å². The van der Waals surface area contributed by atoms with E-state index in [-0.39, 0.29) is 11.1 Å². The molecule has 0 saturated heterocycles. The van der Waals surface area contributed by atoms with E-state index < -0.39 is 6.09 Å². The average Bonchev–Trinajstić information content (AvgIpc) is 2.71. The number of anilines is 2. The van der Waals surface area contributed by atoms with Gasteiger partial charge in [-0.1, -0.05) is 18.2 Å². The van der Waals surface area contributed by atoms with Gasteiger partial charge in [0.2, 0.25) is 5.28 Å². The lowest BCUT2D eigenvalue weighted by Gasteiger charge is -2.24. The number of methoxy groups -OCH3 is 2. The first kappa shape index (κ1) is 20.4.